The number of hydrogen-bond acceptors (Lipinski definition) is 4. The Hall–Kier alpha value is -2.34. The van der Waals surface area contributed by atoms with E-state index in [4.69, 9.17) is 0 Å². The summed E-state index contributed by atoms with van der Waals surface area (Å²) in [4.78, 5) is 17.2. The van der Waals surface area contributed by atoms with Crippen LogP contribution in [0.3, 0.4) is 0 Å². The molecule has 1 aliphatic heterocycles. The fourth-order valence-corrected chi connectivity index (χ4v) is 3.50. The molecule has 0 radical (unpaired) electrons. The van der Waals surface area contributed by atoms with Gasteiger partial charge < -0.3 is 10.4 Å². The van der Waals surface area contributed by atoms with Crippen LogP contribution in [0.4, 0.5) is 5.69 Å². The van der Waals surface area contributed by atoms with Crippen LogP contribution < -0.4 is 10.9 Å². The molecule has 0 saturated carbocycles. The van der Waals surface area contributed by atoms with Crippen LogP contribution in [-0.2, 0) is 19.5 Å². The van der Waals surface area contributed by atoms with Crippen LogP contribution in [0.1, 0.15) is 17.8 Å². The van der Waals surface area contributed by atoms with Gasteiger partial charge in [-0.25, -0.2) is 4.98 Å². The van der Waals surface area contributed by atoms with E-state index in [1.165, 1.54) is 0 Å². The molecule has 0 aliphatic carbocycles. The number of hydrogen-bond donors (Lipinski definition) is 2. The van der Waals surface area contributed by atoms with Crippen molar-refractivity contribution in [1.82, 2.24) is 9.55 Å². The number of aryl methyl sites for hydroxylation is 1. The Balaban J connectivity index is 1.66. The summed E-state index contributed by atoms with van der Waals surface area (Å²) >= 11 is 3.40. The van der Waals surface area contributed by atoms with E-state index in [1.807, 2.05) is 24.3 Å². The number of nitrogens with zero attached hydrogens (tertiary/aromatic N) is 2. The molecule has 2 N–H and O–H groups in total. The second kappa shape index (κ2) is 5.94. The smallest absolute Gasteiger partial charge is 0.261 e. The van der Waals surface area contributed by atoms with Gasteiger partial charge in [-0.05, 0) is 42.8 Å². The molecular weight excluding hydrogens is 370 g/mol. The van der Waals surface area contributed by atoms with Gasteiger partial charge in [0.15, 0.2) is 0 Å². The van der Waals surface area contributed by atoms with Crippen molar-refractivity contribution < 1.29 is 5.11 Å². The Morgan fingerprint density at radius 3 is 3.00 bits per heavy atom. The first-order valence-electron chi connectivity index (χ1n) is 7.86. The number of halogens is 1. The molecule has 0 atom stereocenters. The lowest BCUT2D eigenvalue weighted by Gasteiger charge is -2.10. The Labute approximate surface area is 147 Å². The minimum atomic E-state index is 0.0291. The maximum absolute atomic E-state index is 12.6. The van der Waals surface area contributed by atoms with Crippen molar-refractivity contribution in [3.63, 3.8) is 0 Å². The molecule has 1 aromatic heterocycles. The van der Waals surface area contributed by atoms with Crippen molar-refractivity contribution in [3.8, 4) is 5.75 Å². The van der Waals surface area contributed by atoms with Gasteiger partial charge in [-0.1, -0.05) is 15.9 Å². The predicted octanol–water partition coefficient (Wildman–Crippen LogP) is 3.42. The quantitative estimate of drug-likeness (QED) is 0.724. The molecule has 24 heavy (non-hydrogen) atoms. The number of phenolic OH excluding ortho intramolecular Hbond substituents is 1. The third kappa shape index (κ3) is 2.67. The molecule has 0 fully saturated rings. The van der Waals surface area contributed by atoms with Gasteiger partial charge in [-0.2, -0.15) is 0 Å². The fraction of sp³-hybridized carbons (Fsp3) is 0.222. The monoisotopic (exact) mass is 385 g/mol. The summed E-state index contributed by atoms with van der Waals surface area (Å²) in [7, 11) is 0. The second-order valence-corrected chi connectivity index (χ2v) is 6.86. The highest BCUT2D eigenvalue weighted by atomic mass is 79.9. The fourth-order valence-electron chi connectivity index (χ4n) is 3.09. The van der Waals surface area contributed by atoms with Crippen LogP contribution in [0.15, 0.2) is 45.7 Å². The van der Waals surface area contributed by atoms with Crippen LogP contribution in [0, 0.1) is 0 Å². The van der Waals surface area contributed by atoms with E-state index in [2.05, 4.69) is 26.2 Å². The molecule has 6 heteroatoms. The Morgan fingerprint density at radius 2 is 2.12 bits per heavy atom. The topological polar surface area (TPSA) is 67.2 Å². The third-order valence-electron chi connectivity index (χ3n) is 4.34. The van der Waals surface area contributed by atoms with E-state index < -0.39 is 0 Å². The summed E-state index contributed by atoms with van der Waals surface area (Å²) in [6.45, 7) is 1.22. The highest BCUT2D eigenvalue weighted by Gasteiger charge is 2.16. The first-order chi connectivity index (χ1) is 11.6. The van der Waals surface area contributed by atoms with Gasteiger partial charge in [0, 0.05) is 35.2 Å². The van der Waals surface area contributed by atoms with Crippen LogP contribution in [0.25, 0.3) is 10.9 Å². The molecule has 3 aromatic rings. The molecule has 1 aliphatic rings. The van der Waals surface area contributed by atoms with E-state index in [9.17, 15) is 9.90 Å². The highest BCUT2D eigenvalue weighted by molar-refractivity contribution is 9.10. The van der Waals surface area contributed by atoms with Gasteiger partial charge in [0.1, 0.15) is 11.6 Å². The van der Waals surface area contributed by atoms with E-state index in [0.717, 1.165) is 46.5 Å². The lowest BCUT2D eigenvalue weighted by atomic mass is 10.2. The van der Waals surface area contributed by atoms with Gasteiger partial charge in [-0.3, -0.25) is 9.36 Å². The maximum atomic E-state index is 12.6. The van der Waals surface area contributed by atoms with E-state index in [1.54, 1.807) is 16.7 Å². The summed E-state index contributed by atoms with van der Waals surface area (Å²) in [5.41, 5.74) is 2.39. The SMILES string of the molecule is O=c1c2cc(NCc3cc(Br)ccc3O)ccc2nc2n1CCC2. The summed E-state index contributed by atoms with van der Waals surface area (Å²) in [6, 6.07) is 10.9. The number of benzene rings is 2. The lowest BCUT2D eigenvalue weighted by Crippen LogP contribution is -2.21. The summed E-state index contributed by atoms with van der Waals surface area (Å²) in [6.07, 6.45) is 1.85. The average Bonchev–Trinajstić information content (AvgIpc) is 3.05. The summed E-state index contributed by atoms with van der Waals surface area (Å²) in [5, 5.41) is 13.8. The first kappa shape index (κ1) is 15.2. The van der Waals surface area contributed by atoms with Gasteiger partial charge >= 0.3 is 0 Å². The van der Waals surface area contributed by atoms with Crippen LogP contribution >= 0.6 is 15.9 Å². The summed E-state index contributed by atoms with van der Waals surface area (Å²) in [5.74, 6) is 1.12. The number of phenols is 1. The van der Waals surface area contributed by atoms with Gasteiger partial charge in [0.2, 0.25) is 0 Å². The van der Waals surface area contributed by atoms with Crippen molar-refractivity contribution in [2.75, 3.05) is 5.32 Å². The number of fused-ring (bicyclic) bond motifs is 2. The minimum Gasteiger partial charge on any atom is -0.508 e. The lowest BCUT2D eigenvalue weighted by molar-refractivity contribution is 0.469. The maximum Gasteiger partial charge on any atom is 0.261 e. The van der Waals surface area contributed by atoms with Crippen molar-refractivity contribution >= 4 is 32.5 Å². The Kier molecular flexibility index (Phi) is 3.76. The minimum absolute atomic E-state index is 0.0291. The first-order valence-corrected chi connectivity index (χ1v) is 8.66. The van der Waals surface area contributed by atoms with Crippen LogP contribution in [-0.4, -0.2) is 14.7 Å². The highest BCUT2D eigenvalue weighted by Crippen LogP contribution is 2.24. The average molecular weight is 386 g/mol. The zero-order valence-electron chi connectivity index (χ0n) is 12.9. The molecule has 122 valence electrons. The third-order valence-corrected chi connectivity index (χ3v) is 4.83. The van der Waals surface area contributed by atoms with Gasteiger partial charge in [0.05, 0.1) is 10.9 Å². The van der Waals surface area contributed by atoms with Crippen LogP contribution in [0.5, 0.6) is 5.75 Å². The number of aromatic hydroxyl groups is 1. The Bertz CT molecular complexity index is 997. The van der Waals surface area contributed by atoms with Crippen molar-refractivity contribution in [1.29, 1.82) is 0 Å². The predicted molar refractivity (Wildman–Crippen MR) is 97.5 cm³/mol. The van der Waals surface area contributed by atoms with Crippen LogP contribution in [0.2, 0.25) is 0 Å². The molecule has 2 aromatic carbocycles. The largest absolute Gasteiger partial charge is 0.508 e. The van der Waals surface area contributed by atoms with E-state index in [0.29, 0.717) is 11.9 Å². The van der Waals surface area contributed by atoms with E-state index >= 15 is 0 Å². The molecule has 0 amide bonds. The van der Waals surface area contributed by atoms with Gasteiger partial charge in [-0.15, -0.1) is 0 Å². The van der Waals surface area contributed by atoms with Crippen molar-refractivity contribution in [2.24, 2.45) is 0 Å². The molecule has 4 rings (SSSR count). The van der Waals surface area contributed by atoms with Gasteiger partial charge in [0.25, 0.3) is 5.56 Å². The van der Waals surface area contributed by atoms with Crippen molar-refractivity contribution in [3.05, 3.63) is 62.6 Å². The standard InChI is InChI=1S/C18H16BrN3O2/c19-12-3-6-16(23)11(8-12)10-20-13-4-5-15-14(9-13)18(24)22-7-1-2-17(22)21-15/h3-6,8-9,20,23H,1-2,7,10H2. The molecule has 5 nitrogen and oxygen atoms in total. The Morgan fingerprint density at radius 1 is 1.25 bits per heavy atom. The zero-order valence-corrected chi connectivity index (χ0v) is 14.5. The number of anilines is 1. The van der Waals surface area contributed by atoms with Crippen molar-refractivity contribution in [2.45, 2.75) is 25.9 Å². The number of aromatic nitrogens is 2. The molecule has 0 bridgehead atoms. The zero-order chi connectivity index (χ0) is 16.7. The molecule has 0 unspecified atom stereocenters. The molecule has 0 spiro atoms. The summed E-state index contributed by atoms with van der Waals surface area (Å²) < 4.78 is 2.68. The number of nitrogens with one attached hydrogen (secondary N) is 1. The normalized spacial score (nSPS) is 13.2. The molecular formula is C18H16BrN3O2. The molecule has 0 saturated heterocycles. The second-order valence-electron chi connectivity index (χ2n) is 5.95. The molecule has 2 heterocycles. The van der Waals surface area contributed by atoms with E-state index in [-0.39, 0.29) is 11.3 Å². The number of rotatable bonds is 3.